The number of carbonyl (C=O) groups is 3. The number of nitriles is 3. The van der Waals surface area contributed by atoms with Crippen LogP contribution in [0.1, 0.15) is 103 Å². The Labute approximate surface area is 501 Å². The lowest BCUT2D eigenvalue weighted by molar-refractivity contribution is -0.207. The minimum absolute atomic E-state index is 0.000000000000000444. The largest absolute Gasteiger partial charge is 0.481 e. The third-order valence-electron chi connectivity index (χ3n) is 17.3. The van der Waals surface area contributed by atoms with Gasteiger partial charge < -0.3 is 80.3 Å². The van der Waals surface area contributed by atoms with E-state index in [4.69, 9.17) is 64.9 Å². The van der Waals surface area contributed by atoms with Crippen molar-refractivity contribution in [2.75, 3.05) is 37.0 Å². The quantitative estimate of drug-likeness (QED) is 0.0906. The number of carboxylic acid groups (broad SMARTS) is 1. The molecule has 0 bridgehead atoms. The lowest BCUT2D eigenvalue weighted by Crippen LogP contribution is -2.41. The molecular formula is C57H67N15O16. The smallest absolute Gasteiger partial charge is 0.309 e. The van der Waals surface area contributed by atoms with E-state index in [2.05, 4.69) is 42.4 Å². The standard InChI is InChI=1S/C20H23N5O5.C17H19N5O5.C15H17N5O4.C5H8O2/c1-19(2)29-15-13(8-27-18(26)11-4-3-5-11)28-20(9-21,16(15)30-19)14-7-6-12-17(22)23-10-24-25(12)14;18-7-17(12-5-4-10-15(19)20-8-21-22(10)12)14(24)13(23)11(27-17)6-26-16(25)9-2-1-3-9;1-14(2)23-11-9(5-21)22-15(6-16,12(11)24-14)10-4-3-8-13(17)18-7-19-20(8)10;6-5(7)4-2-1-3-4/h6-7,10-11,13,15-16H,3-5,8H2,1-2H3,(H2,22,23,24);4-5,8-9,11,13-14,23-24H,1-3,6H2,(H2,19,20,21);3-4,7,9,11-12,21H,5H2,1-2H3,(H2,17,18,19);4H,1-3H2,(H,6,7)/t13-,15-,16-,20+;11-,13-,14-,17+;9-,11-,12-,15+;/m111./s1. The Bertz CT molecular complexity index is 3750. The first kappa shape index (κ1) is 61.4. The fraction of sp³-hybridized carbons (Fsp3) is 0.579. The topological polar surface area (TPSA) is 455 Å². The maximum atomic E-state index is 12.2. The zero-order chi connectivity index (χ0) is 62.7. The third-order valence-corrected chi connectivity index (χ3v) is 17.3. The second kappa shape index (κ2) is 23.7. The molecule has 12 atom stereocenters. The van der Waals surface area contributed by atoms with E-state index in [-0.39, 0.29) is 66.8 Å². The van der Waals surface area contributed by atoms with Gasteiger partial charge in [-0.25, -0.2) is 28.5 Å². The Balaban J connectivity index is 0.000000130. The van der Waals surface area contributed by atoms with Gasteiger partial charge in [-0.05, 0) is 103 Å². The van der Waals surface area contributed by atoms with E-state index < -0.39 is 89.3 Å². The van der Waals surface area contributed by atoms with E-state index in [1.165, 1.54) is 38.6 Å². The predicted molar refractivity (Wildman–Crippen MR) is 297 cm³/mol. The van der Waals surface area contributed by atoms with Crippen LogP contribution in [-0.2, 0) is 73.8 Å². The van der Waals surface area contributed by atoms with Gasteiger partial charge in [0.05, 0.1) is 41.4 Å². The second-order valence-electron chi connectivity index (χ2n) is 23.6. The molecule has 6 aromatic rings. The van der Waals surface area contributed by atoms with Gasteiger partial charge in [-0.3, -0.25) is 14.4 Å². The van der Waals surface area contributed by atoms with Crippen molar-refractivity contribution in [2.45, 2.75) is 169 Å². The number of aliphatic hydroxyl groups is 3. The average molecular weight is 1220 g/mol. The van der Waals surface area contributed by atoms with Crippen LogP contribution < -0.4 is 17.2 Å². The van der Waals surface area contributed by atoms with Gasteiger partial charge in [-0.2, -0.15) is 31.1 Å². The number of anilines is 3. The first-order valence-electron chi connectivity index (χ1n) is 28.8. The molecule has 31 nitrogen and oxygen atoms in total. The number of ether oxygens (including phenoxy) is 9. The van der Waals surface area contributed by atoms with Gasteiger partial charge in [0.1, 0.15) is 122 Å². The number of hydrogen-bond acceptors (Lipinski definition) is 27. The number of nitrogens with two attached hydrogens (primary N) is 3. The summed E-state index contributed by atoms with van der Waals surface area (Å²) in [4.78, 5) is 45.9. The van der Waals surface area contributed by atoms with Gasteiger partial charge >= 0.3 is 17.9 Å². The molecule has 0 amide bonds. The molecule has 3 saturated carbocycles. The van der Waals surface area contributed by atoms with Crippen LogP contribution in [0.15, 0.2) is 55.4 Å². The van der Waals surface area contributed by atoms with Crippen molar-refractivity contribution in [3.05, 3.63) is 72.5 Å². The number of aliphatic carboxylic acids is 1. The Hall–Kier alpha value is -8.26. The highest BCUT2D eigenvalue weighted by Crippen LogP contribution is 2.51. The molecule has 0 spiro atoms. The molecule has 8 fully saturated rings. The molecule has 31 heteroatoms. The Morgan fingerprint density at radius 2 is 0.920 bits per heavy atom. The fourth-order valence-electron chi connectivity index (χ4n) is 12.0. The van der Waals surface area contributed by atoms with E-state index in [9.17, 15) is 45.5 Å². The van der Waals surface area contributed by atoms with Crippen LogP contribution in [0.25, 0.3) is 16.6 Å². The molecule has 0 unspecified atom stereocenters. The van der Waals surface area contributed by atoms with E-state index in [0.717, 1.165) is 57.8 Å². The van der Waals surface area contributed by atoms with Crippen molar-refractivity contribution in [3.63, 3.8) is 0 Å². The number of nitrogens with zero attached hydrogens (tertiary/aromatic N) is 12. The van der Waals surface area contributed by atoms with Crippen LogP contribution in [-0.4, -0.2) is 168 Å². The van der Waals surface area contributed by atoms with E-state index >= 15 is 0 Å². The van der Waals surface area contributed by atoms with Crippen molar-refractivity contribution in [2.24, 2.45) is 17.8 Å². The van der Waals surface area contributed by atoms with Gasteiger partial charge in [0, 0.05) is 0 Å². The van der Waals surface area contributed by atoms with Crippen molar-refractivity contribution < 1.29 is 77.4 Å². The minimum Gasteiger partial charge on any atom is -0.481 e. The molecule has 0 radical (unpaired) electrons. The van der Waals surface area contributed by atoms with Gasteiger partial charge in [0.25, 0.3) is 0 Å². The SMILES string of the molecule is CC1(C)O[C@H]2[C@@H](O1)[C@](C#N)(c1ccc3c(N)ncnn13)O[C@@H]2CO.CC1(C)O[C@H]2[C@@H](O1)[C@](C#N)(c1ccc3c(N)ncnn13)O[C@@H]2COC(=O)C1CCC1.N#C[C@@]1(c2ccc3c(N)ncnn23)O[C@H](COC(=O)C2CCC2)[C@@H](O)[C@H]1O.O=C(O)C1CCC1. The summed E-state index contributed by atoms with van der Waals surface area (Å²) in [6.45, 7) is 6.53. The number of rotatable bonds is 11. The normalized spacial score (nSPS) is 31.6. The third kappa shape index (κ3) is 10.7. The van der Waals surface area contributed by atoms with Crippen molar-refractivity contribution >= 4 is 51.9 Å². The number of aromatic nitrogens is 9. The Kier molecular flexibility index (Phi) is 16.5. The fourth-order valence-corrected chi connectivity index (χ4v) is 12.0. The number of nitrogen functional groups attached to an aromatic ring is 3. The molecule has 14 rings (SSSR count). The molecule has 5 aliphatic heterocycles. The van der Waals surface area contributed by atoms with Crippen LogP contribution >= 0.6 is 0 Å². The zero-order valence-corrected chi connectivity index (χ0v) is 48.4. The van der Waals surface area contributed by atoms with Crippen molar-refractivity contribution in [1.82, 2.24) is 43.8 Å². The highest BCUT2D eigenvalue weighted by molar-refractivity contribution is 5.74. The maximum Gasteiger partial charge on any atom is 0.309 e. The molecule has 5 saturated heterocycles. The maximum absolute atomic E-state index is 12.2. The van der Waals surface area contributed by atoms with E-state index in [1.807, 2.05) is 6.07 Å². The summed E-state index contributed by atoms with van der Waals surface area (Å²) in [6.07, 6.45) is 4.09. The summed E-state index contributed by atoms with van der Waals surface area (Å²) >= 11 is 0. The number of hydrogen-bond donors (Lipinski definition) is 7. The average Bonchev–Trinajstić information content (AvgIpc) is 2.09. The van der Waals surface area contributed by atoms with Crippen LogP contribution in [0.4, 0.5) is 17.5 Å². The van der Waals surface area contributed by atoms with Gasteiger partial charge in [-0.1, -0.05) is 19.3 Å². The van der Waals surface area contributed by atoms with Gasteiger partial charge in [0.2, 0.25) is 16.8 Å². The Morgan fingerprint density at radius 3 is 1.27 bits per heavy atom. The minimum atomic E-state index is -1.89. The summed E-state index contributed by atoms with van der Waals surface area (Å²) in [5.41, 5.74) is 15.4. The molecule has 10 N–H and O–H groups in total. The molecular weight excluding hydrogens is 1150 g/mol. The van der Waals surface area contributed by atoms with E-state index in [1.54, 1.807) is 58.0 Å². The number of aliphatic hydroxyl groups excluding tert-OH is 3. The van der Waals surface area contributed by atoms with E-state index in [0.29, 0.717) is 33.8 Å². The van der Waals surface area contributed by atoms with Crippen LogP contribution in [0.5, 0.6) is 0 Å². The first-order valence-corrected chi connectivity index (χ1v) is 28.8. The number of carboxylic acids is 1. The summed E-state index contributed by atoms with van der Waals surface area (Å²) in [5.74, 6) is -2.39. The van der Waals surface area contributed by atoms with Crippen molar-refractivity contribution in [3.8, 4) is 18.2 Å². The van der Waals surface area contributed by atoms with Crippen LogP contribution in [0.2, 0.25) is 0 Å². The molecule has 3 aliphatic carbocycles. The van der Waals surface area contributed by atoms with Gasteiger partial charge in [-0.15, -0.1) is 0 Å². The molecule has 8 aliphatic rings. The summed E-state index contributed by atoms with van der Waals surface area (Å²) < 4.78 is 56.9. The second-order valence-corrected chi connectivity index (χ2v) is 23.6. The number of fused-ring (bicyclic) bond motifs is 5. The van der Waals surface area contributed by atoms with Gasteiger partial charge in [0.15, 0.2) is 29.0 Å². The number of carbonyl (C=O) groups excluding carboxylic acids is 2. The summed E-state index contributed by atoms with van der Waals surface area (Å²) in [7, 11) is 0. The lowest BCUT2D eigenvalue weighted by atomic mass is 9.86. The summed E-state index contributed by atoms with van der Waals surface area (Å²) in [5, 5.41) is 81.3. The monoisotopic (exact) mass is 1220 g/mol. The molecule has 88 heavy (non-hydrogen) atoms. The molecule has 466 valence electrons. The molecule has 0 aromatic carbocycles. The highest BCUT2D eigenvalue weighted by Gasteiger charge is 2.67. The predicted octanol–water partition coefficient (Wildman–Crippen LogP) is 1.60. The highest BCUT2D eigenvalue weighted by atomic mass is 16.8. The van der Waals surface area contributed by atoms with Crippen LogP contribution in [0, 0.1) is 51.7 Å². The lowest BCUT2D eigenvalue weighted by Gasteiger charge is -2.29. The van der Waals surface area contributed by atoms with Crippen molar-refractivity contribution in [1.29, 1.82) is 15.8 Å². The number of esters is 2. The first-order chi connectivity index (χ1) is 42.0. The Morgan fingerprint density at radius 1 is 0.557 bits per heavy atom. The summed E-state index contributed by atoms with van der Waals surface area (Å²) in [6, 6.07) is 16.4. The molecule has 11 heterocycles. The molecule has 6 aromatic heterocycles. The van der Waals surface area contributed by atoms with Crippen LogP contribution in [0.3, 0.4) is 0 Å². The zero-order valence-electron chi connectivity index (χ0n) is 48.4.